The fraction of sp³-hybridized carbons (Fsp3) is 0.259. The monoisotopic (exact) mass is 413 g/mol. The van der Waals surface area contributed by atoms with Crippen LogP contribution in [0.3, 0.4) is 0 Å². The number of Topliss-reactive ketones (excluding diaryl/α,β-unsaturated/α-hetero) is 1. The zero-order valence-corrected chi connectivity index (χ0v) is 18.9. The molecule has 0 spiro atoms. The fourth-order valence-electron chi connectivity index (χ4n) is 2.76. The number of rotatable bonds is 3. The maximum Gasteiger partial charge on any atom is 0.129 e. The first-order chi connectivity index (χ1) is 15.1. The molecule has 2 aromatic heterocycles. The van der Waals surface area contributed by atoms with Crippen LogP contribution in [0, 0.1) is 0 Å². The van der Waals surface area contributed by atoms with Gasteiger partial charge in [0.2, 0.25) is 0 Å². The second-order valence-corrected chi connectivity index (χ2v) is 7.18. The van der Waals surface area contributed by atoms with E-state index in [9.17, 15) is 4.79 Å². The van der Waals surface area contributed by atoms with Gasteiger partial charge in [0.05, 0.1) is 0 Å². The number of pyridine rings is 2. The Kier molecular flexibility index (Phi) is 10.0. The number of carbonyl (C=O) groups is 1. The third kappa shape index (κ3) is 7.41. The van der Waals surface area contributed by atoms with Crippen LogP contribution in [0.1, 0.15) is 52.5 Å². The average Bonchev–Trinajstić information content (AvgIpc) is 3.09. The Bertz CT molecular complexity index is 1060. The van der Waals surface area contributed by atoms with Crippen molar-refractivity contribution in [1.29, 1.82) is 0 Å². The summed E-state index contributed by atoms with van der Waals surface area (Å²) in [6, 6.07) is 10.5. The molecule has 1 aliphatic heterocycles. The van der Waals surface area contributed by atoms with Gasteiger partial charge in [0.25, 0.3) is 0 Å². The summed E-state index contributed by atoms with van der Waals surface area (Å²) in [4.78, 5) is 22.7. The van der Waals surface area contributed by atoms with Crippen molar-refractivity contribution >= 4 is 28.3 Å². The van der Waals surface area contributed by atoms with Crippen molar-refractivity contribution in [2.24, 2.45) is 4.99 Å². The third-order valence-electron chi connectivity index (χ3n) is 4.47. The molecule has 1 aromatic carbocycles. The summed E-state index contributed by atoms with van der Waals surface area (Å²) in [5.41, 5.74) is 4.57. The first-order valence-corrected chi connectivity index (χ1v) is 10.8. The molecule has 0 N–H and O–H groups in total. The van der Waals surface area contributed by atoms with Crippen LogP contribution in [0.4, 0.5) is 0 Å². The maximum atomic E-state index is 9.81. The van der Waals surface area contributed by atoms with Gasteiger partial charge in [0.15, 0.2) is 0 Å². The van der Waals surface area contributed by atoms with Gasteiger partial charge in [0.1, 0.15) is 5.78 Å². The SMILES string of the molecule is C1=CN=CC(c2ccc(-c3cncc4ccncc34)cc2)=CC1.CCC.CCC(C)=O. The second kappa shape index (κ2) is 13.0. The zero-order valence-electron chi connectivity index (χ0n) is 18.9. The molecule has 0 unspecified atom stereocenters. The minimum atomic E-state index is 0.255. The number of fused-ring (bicyclic) bond motifs is 1. The first-order valence-electron chi connectivity index (χ1n) is 10.8. The lowest BCUT2D eigenvalue weighted by Crippen LogP contribution is -1.88. The van der Waals surface area contributed by atoms with Crippen molar-refractivity contribution in [3.05, 3.63) is 79.0 Å². The highest BCUT2D eigenvalue weighted by Crippen LogP contribution is 2.28. The molecule has 4 nitrogen and oxygen atoms in total. The molecule has 160 valence electrons. The molecule has 1 aliphatic rings. The molecule has 4 heteroatoms. The van der Waals surface area contributed by atoms with Gasteiger partial charge < -0.3 is 4.79 Å². The Labute approximate surface area is 185 Å². The second-order valence-electron chi connectivity index (χ2n) is 7.18. The Morgan fingerprint density at radius 3 is 2.29 bits per heavy atom. The number of carbonyl (C=O) groups excluding carboxylic acids is 1. The van der Waals surface area contributed by atoms with Crippen LogP contribution in [0.15, 0.2) is 78.5 Å². The highest BCUT2D eigenvalue weighted by Gasteiger charge is 2.06. The lowest BCUT2D eigenvalue weighted by Gasteiger charge is -2.07. The smallest absolute Gasteiger partial charge is 0.129 e. The van der Waals surface area contributed by atoms with Gasteiger partial charge in [-0.25, -0.2) is 0 Å². The molecule has 3 aromatic rings. The number of aliphatic imine (C=N–C) groups is 1. The van der Waals surface area contributed by atoms with Crippen molar-refractivity contribution in [3.63, 3.8) is 0 Å². The predicted octanol–water partition coefficient (Wildman–Crippen LogP) is 7.07. The van der Waals surface area contributed by atoms with E-state index in [0.717, 1.165) is 33.9 Å². The van der Waals surface area contributed by atoms with Crippen LogP contribution in [-0.2, 0) is 4.79 Å². The molecule has 31 heavy (non-hydrogen) atoms. The number of ketones is 1. The summed E-state index contributed by atoms with van der Waals surface area (Å²) < 4.78 is 0. The topological polar surface area (TPSA) is 55.2 Å². The predicted molar refractivity (Wildman–Crippen MR) is 132 cm³/mol. The van der Waals surface area contributed by atoms with Crippen molar-refractivity contribution in [3.8, 4) is 11.1 Å². The lowest BCUT2D eigenvalue weighted by molar-refractivity contribution is -0.116. The molecule has 0 saturated heterocycles. The largest absolute Gasteiger partial charge is 0.300 e. The maximum absolute atomic E-state index is 9.81. The molecule has 0 aliphatic carbocycles. The quantitative estimate of drug-likeness (QED) is 0.461. The highest BCUT2D eigenvalue weighted by atomic mass is 16.1. The summed E-state index contributed by atoms with van der Waals surface area (Å²) in [5, 5.41) is 2.22. The van der Waals surface area contributed by atoms with Gasteiger partial charge in [-0.1, -0.05) is 63.6 Å². The van der Waals surface area contributed by atoms with Crippen LogP contribution in [0.2, 0.25) is 0 Å². The van der Waals surface area contributed by atoms with E-state index in [1.54, 1.807) is 13.1 Å². The third-order valence-corrected chi connectivity index (χ3v) is 4.47. The standard InChI is InChI=1S/C20H15N3.C4H8O.C3H8/c1-2-9-21-11-17(3-1)15-4-6-16(7-5-15)19-14-23-12-18-8-10-22-13-20(18)19;1-3-4(2)5;1-3-2/h2-14H,1H2;3H2,1-2H3;3H2,1-2H3. The van der Waals surface area contributed by atoms with Crippen LogP contribution >= 0.6 is 0 Å². The Morgan fingerprint density at radius 2 is 1.61 bits per heavy atom. The molecule has 0 bridgehead atoms. The van der Waals surface area contributed by atoms with Crippen LogP contribution in [0.5, 0.6) is 0 Å². The van der Waals surface area contributed by atoms with Crippen molar-refractivity contribution in [1.82, 2.24) is 9.97 Å². The van der Waals surface area contributed by atoms with Crippen LogP contribution in [0.25, 0.3) is 27.5 Å². The first kappa shape index (κ1) is 23.9. The molecule has 0 fully saturated rings. The van der Waals surface area contributed by atoms with Gasteiger partial charge in [-0.15, -0.1) is 0 Å². The molecule has 3 heterocycles. The molecular formula is C27H31N3O. The Morgan fingerprint density at radius 1 is 0.935 bits per heavy atom. The van der Waals surface area contributed by atoms with E-state index < -0.39 is 0 Å². The van der Waals surface area contributed by atoms with Crippen molar-refractivity contribution < 1.29 is 4.79 Å². The summed E-state index contributed by atoms with van der Waals surface area (Å²) in [5.74, 6) is 0.255. The lowest BCUT2D eigenvalue weighted by atomic mass is 9.99. The number of benzene rings is 1. The highest BCUT2D eigenvalue weighted by molar-refractivity contribution is 6.10. The Hall–Kier alpha value is -3.40. The molecular weight excluding hydrogens is 382 g/mol. The summed E-state index contributed by atoms with van der Waals surface area (Å²) in [6.07, 6.45) is 18.3. The minimum Gasteiger partial charge on any atom is -0.300 e. The normalized spacial score (nSPS) is 12.1. The number of aromatic nitrogens is 2. The van der Waals surface area contributed by atoms with Crippen molar-refractivity contribution in [2.45, 2.75) is 47.0 Å². The number of hydrogen-bond acceptors (Lipinski definition) is 4. The Balaban J connectivity index is 0.000000371. The molecule has 4 rings (SSSR count). The van der Waals surface area contributed by atoms with Crippen molar-refractivity contribution in [2.75, 3.05) is 0 Å². The molecule has 0 amide bonds. The van der Waals surface area contributed by atoms with E-state index in [1.807, 2.05) is 50.1 Å². The number of hydrogen-bond donors (Lipinski definition) is 0. The van der Waals surface area contributed by atoms with Gasteiger partial charge >= 0.3 is 0 Å². The fourth-order valence-corrected chi connectivity index (χ4v) is 2.76. The van der Waals surface area contributed by atoms with Gasteiger partial charge in [-0.05, 0) is 36.1 Å². The summed E-state index contributed by atoms with van der Waals surface area (Å²) in [7, 11) is 0. The van der Waals surface area contributed by atoms with Gasteiger partial charge in [0, 0.05) is 60.0 Å². The molecule has 0 saturated carbocycles. The van der Waals surface area contributed by atoms with E-state index >= 15 is 0 Å². The van der Waals surface area contributed by atoms with E-state index in [2.05, 4.69) is 59.1 Å². The van der Waals surface area contributed by atoms with Crippen LogP contribution < -0.4 is 0 Å². The molecule has 0 radical (unpaired) electrons. The summed E-state index contributed by atoms with van der Waals surface area (Å²) >= 11 is 0. The summed E-state index contributed by atoms with van der Waals surface area (Å²) in [6.45, 7) is 7.68. The van der Waals surface area contributed by atoms with Gasteiger partial charge in [-0.2, -0.15) is 0 Å². The zero-order chi connectivity index (χ0) is 22.5. The van der Waals surface area contributed by atoms with Crippen LogP contribution in [-0.4, -0.2) is 22.0 Å². The van der Waals surface area contributed by atoms with E-state index in [0.29, 0.717) is 6.42 Å². The average molecular weight is 414 g/mol. The van der Waals surface area contributed by atoms with E-state index in [1.165, 1.54) is 12.0 Å². The van der Waals surface area contributed by atoms with Gasteiger partial charge in [-0.3, -0.25) is 15.0 Å². The molecule has 0 atom stereocenters. The minimum absolute atomic E-state index is 0.255. The number of nitrogens with zero attached hydrogens (tertiary/aromatic N) is 3. The number of allylic oxidation sites excluding steroid dienone is 3. The van der Waals surface area contributed by atoms with E-state index in [4.69, 9.17) is 0 Å². The van der Waals surface area contributed by atoms with E-state index in [-0.39, 0.29) is 5.78 Å².